The van der Waals surface area contributed by atoms with Crippen molar-refractivity contribution < 1.29 is 4.74 Å². The molecule has 0 spiro atoms. The van der Waals surface area contributed by atoms with Gasteiger partial charge in [-0.3, -0.25) is 4.98 Å². The molecule has 0 atom stereocenters. The summed E-state index contributed by atoms with van der Waals surface area (Å²) < 4.78 is 5.52. The van der Waals surface area contributed by atoms with Crippen LogP contribution >= 0.6 is 0 Å². The van der Waals surface area contributed by atoms with Crippen LogP contribution in [0.2, 0.25) is 0 Å². The van der Waals surface area contributed by atoms with Crippen molar-refractivity contribution in [1.82, 2.24) is 4.98 Å². The first-order valence-corrected chi connectivity index (χ1v) is 5.74. The quantitative estimate of drug-likeness (QED) is 0.874. The van der Waals surface area contributed by atoms with Crippen LogP contribution in [0.5, 0.6) is 5.75 Å². The number of hydrogen-bond donors (Lipinski definition) is 1. The molecule has 2 rings (SSSR count). The number of benzene rings is 1. The Morgan fingerprint density at radius 3 is 2.59 bits per heavy atom. The van der Waals surface area contributed by atoms with Crippen LogP contribution < -0.4 is 10.5 Å². The average molecular weight is 228 g/mol. The van der Waals surface area contributed by atoms with Crippen LogP contribution in [0.25, 0.3) is 11.3 Å². The van der Waals surface area contributed by atoms with Gasteiger partial charge in [0.1, 0.15) is 5.75 Å². The van der Waals surface area contributed by atoms with E-state index < -0.39 is 0 Å². The molecule has 1 heterocycles. The normalized spacial score (nSPS) is 10.2. The number of hydrogen-bond acceptors (Lipinski definition) is 3. The molecule has 0 fully saturated rings. The molecular formula is C14H16N2O. The smallest absolute Gasteiger partial charge is 0.119 e. The summed E-state index contributed by atoms with van der Waals surface area (Å²) in [6, 6.07) is 11.5. The van der Waals surface area contributed by atoms with Crippen molar-refractivity contribution in [3.05, 3.63) is 42.6 Å². The first kappa shape index (κ1) is 11.5. The van der Waals surface area contributed by atoms with Crippen LogP contribution in [0.15, 0.2) is 42.6 Å². The maximum absolute atomic E-state index is 5.73. The van der Waals surface area contributed by atoms with Gasteiger partial charge in [-0.2, -0.15) is 0 Å². The number of rotatable bonds is 4. The van der Waals surface area contributed by atoms with Crippen LogP contribution in [-0.2, 0) is 0 Å². The fourth-order valence-corrected chi connectivity index (χ4v) is 1.55. The Labute approximate surface area is 101 Å². The molecule has 0 saturated heterocycles. The fraction of sp³-hybridized carbons (Fsp3) is 0.214. The van der Waals surface area contributed by atoms with E-state index in [-0.39, 0.29) is 0 Å². The number of nitrogens with two attached hydrogens (primary N) is 1. The van der Waals surface area contributed by atoms with E-state index in [0.29, 0.717) is 0 Å². The molecular weight excluding hydrogens is 212 g/mol. The first-order valence-electron chi connectivity index (χ1n) is 5.74. The van der Waals surface area contributed by atoms with E-state index in [2.05, 4.69) is 11.9 Å². The third kappa shape index (κ3) is 2.97. The summed E-state index contributed by atoms with van der Waals surface area (Å²) in [6.45, 7) is 2.83. The molecule has 0 bridgehead atoms. The summed E-state index contributed by atoms with van der Waals surface area (Å²) in [7, 11) is 0. The van der Waals surface area contributed by atoms with Gasteiger partial charge in [-0.1, -0.05) is 6.92 Å². The zero-order valence-corrected chi connectivity index (χ0v) is 9.89. The maximum atomic E-state index is 5.73. The zero-order valence-electron chi connectivity index (χ0n) is 9.89. The van der Waals surface area contributed by atoms with Crippen molar-refractivity contribution in [2.45, 2.75) is 13.3 Å². The average Bonchev–Trinajstić information content (AvgIpc) is 2.37. The van der Waals surface area contributed by atoms with E-state index in [4.69, 9.17) is 10.5 Å². The number of nitrogens with zero attached hydrogens (tertiary/aromatic N) is 1. The Morgan fingerprint density at radius 2 is 1.94 bits per heavy atom. The second kappa shape index (κ2) is 5.34. The molecule has 0 aliphatic rings. The summed E-state index contributed by atoms with van der Waals surface area (Å²) in [5.41, 5.74) is 8.37. The van der Waals surface area contributed by atoms with Crippen LogP contribution in [0, 0.1) is 0 Å². The van der Waals surface area contributed by atoms with Crippen LogP contribution in [0.4, 0.5) is 5.69 Å². The third-order valence-electron chi connectivity index (χ3n) is 2.41. The molecule has 0 aliphatic carbocycles. The van der Waals surface area contributed by atoms with Gasteiger partial charge in [0.25, 0.3) is 0 Å². The molecule has 0 unspecified atom stereocenters. The molecule has 0 aliphatic heterocycles. The summed E-state index contributed by atoms with van der Waals surface area (Å²) in [5, 5.41) is 0. The Kier molecular flexibility index (Phi) is 3.60. The minimum Gasteiger partial charge on any atom is -0.494 e. The number of nitrogen functional groups attached to an aromatic ring is 1. The predicted molar refractivity (Wildman–Crippen MR) is 69.9 cm³/mol. The number of anilines is 1. The zero-order chi connectivity index (χ0) is 12.1. The van der Waals surface area contributed by atoms with Gasteiger partial charge in [0.2, 0.25) is 0 Å². The van der Waals surface area contributed by atoms with Crippen molar-refractivity contribution in [2.75, 3.05) is 12.3 Å². The lowest BCUT2D eigenvalue weighted by atomic mass is 10.1. The van der Waals surface area contributed by atoms with Crippen LogP contribution in [0.3, 0.4) is 0 Å². The Bertz CT molecular complexity index is 480. The maximum Gasteiger partial charge on any atom is 0.119 e. The summed E-state index contributed by atoms with van der Waals surface area (Å²) in [6.07, 6.45) is 2.73. The monoisotopic (exact) mass is 228 g/mol. The van der Waals surface area contributed by atoms with Crippen LogP contribution in [-0.4, -0.2) is 11.6 Å². The van der Waals surface area contributed by atoms with Gasteiger partial charge >= 0.3 is 0 Å². The van der Waals surface area contributed by atoms with E-state index >= 15 is 0 Å². The highest BCUT2D eigenvalue weighted by Crippen LogP contribution is 2.21. The highest BCUT2D eigenvalue weighted by atomic mass is 16.5. The standard InChI is InChI=1S/C14H16N2O/c1-2-9-17-13-5-3-11(4-6-13)14-10-12(15)7-8-16-14/h3-8,10H,2,9H2,1H3,(H2,15,16). The summed E-state index contributed by atoms with van der Waals surface area (Å²) >= 11 is 0. The predicted octanol–water partition coefficient (Wildman–Crippen LogP) is 3.12. The first-order chi connectivity index (χ1) is 8.29. The molecule has 0 radical (unpaired) electrons. The lowest BCUT2D eigenvalue weighted by Crippen LogP contribution is -1.94. The summed E-state index contributed by atoms with van der Waals surface area (Å²) in [4.78, 5) is 4.28. The number of pyridine rings is 1. The van der Waals surface area contributed by atoms with Crippen molar-refractivity contribution in [1.29, 1.82) is 0 Å². The third-order valence-corrected chi connectivity index (χ3v) is 2.41. The number of ether oxygens (including phenoxy) is 1. The van der Waals surface area contributed by atoms with E-state index in [9.17, 15) is 0 Å². The van der Waals surface area contributed by atoms with Gasteiger partial charge in [0.15, 0.2) is 0 Å². The molecule has 1 aromatic heterocycles. The molecule has 3 nitrogen and oxygen atoms in total. The SMILES string of the molecule is CCCOc1ccc(-c2cc(N)ccn2)cc1. The van der Waals surface area contributed by atoms with E-state index in [1.807, 2.05) is 30.3 Å². The Morgan fingerprint density at radius 1 is 1.18 bits per heavy atom. The van der Waals surface area contributed by atoms with Crippen molar-refractivity contribution in [2.24, 2.45) is 0 Å². The van der Waals surface area contributed by atoms with Crippen LogP contribution in [0.1, 0.15) is 13.3 Å². The van der Waals surface area contributed by atoms with Gasteiger partial charge in [-0.25, -0.2) is 0 Å². The van der Waals surface area contributed by atoms with Gasteiger partial charge < -0.3 is 10.5 Å². The molecule has 3 heteroatoms. The number of aromatic nitrogens is 1. The van der Waals surface area contributed by atoms with Gasteiger partial charge in [-0.15, -0.1) is 0 Å². The van der Waals surface area contributed by atoms with E-state index in [1.165, 1.54) is 0 Å². The largest absolute Gasteiger partial charge is 0.494 e. The van der Waals surface area contributed by atoms with Crippen molar-refractivity contribution in [3.8, 4) is 17.0 Å². The minimum absolute atomic E-state index is 0.723. The lowest BCUT2D eigenvalue weighted by Gasteiger charge is -2.06. The highest BCUT2D eigenvalue weighted by Gasteiger charge is 2.00. The van der Waals surface area contributed by atoms with Crippen molar-refractivity contribution in [3.63, 3.8) is 0 Å². The second-order valence-electron chi connectivity index (χ2n) is 3.85. The van der Waals surface area contributed by atoms with E-state index in [1.54, 1.807) is 12.3 Å². The van der Waals surface area contributed by atoms with Crippen molar-refractivity contribution >= 4 is 5.69 Å². The Hall–Kier alpha value is -2.03. The molecule has 0 saturated carbocycles. The topological polar surface area (TPSA) is 48.1 Å². The second-order valence-corrected chi connectivity index (χ2v) is 3.85. The molecule has 1 aromatic carbocycles. The molecule has 2 aromatic rings. The fourth-order valence-electron chi connectivity index (χ4n) is 1.55. The molecule has 0 amide bonds. The Balaban J connectivity index is 2.17. The van der Waals surface area contributed by atoms with Gasteiger partial charge in [-0.05, 0) is 42.8 Å². The van der Waals surface area contributed by atoms with Gasteiger partial charge in [0.05, 0.1) is 12.3 Å². The highest BCUT2D eigenvalue weighted by molar-refractivity contribution is 5.63. The molecule has 88 valence electrons. The van der Waals surface area contributed by atoms with E-state index in [0.717, 1.165) is 35.7 Å². The minimum atomic E-state index is 0.723. The van der Waals surface area contributed by atoms with Gasteiger partial charge in [0, 0.05) is 17.4 Å². The lowest BCUT2D eigenvalue weighted by molar-refractivity contribution is 0.317. The summed E-state index contributed by atoms with van der Waals surface area (Å²) in [5.74, 6) is 0.888. The molecule has 17 heavy (non-hydrogen) atoms. The molecule has 2 N–H and O–H groups in total.